The number of nitrogens with one attached hydrogen (secondary N) is 1. The van der Waals surface area contributed by atoms with Gasteiger partial charge in [0, 0.05) is 17.8 Å². The number of fused-ring (bicyclic) bond motifs is 1. The Labute approximate surface area is 77.9 Å². The minimum atomic E-state index is 0.507. The molecule has 68 valence electrons. The normalized spacial score (nSPS) is 19.4. The van der Waals surface area contributed by atoms with E-state index < -0.39 is 0 Å². The molecule has 2 nitrogen and oxygen atoms in total. The molecular formula is C11H13NO. The Morgan fingerprint density at radius 1 is 1.31 bits per heavy atom. The highest BCUT2D eigenvalue weighted by Gasteiger charge is 2.25. The molecule has 0 unspecified atom stereocenters. The molecule has 0 radical (unpaired) electrons. The molecule has 0 spiro atoms. The van der Waals surface area contributed by atoms with Crippen LogP contribution in [0.15, 0.2) is 18.2 Å². The van der Waals surface area contributed by atoms with Crippen LogP contribution in [0, 0.1) is 0 Å². The van der Waals surface area contributed by atoms with E-state index in [1.807, 2.05) is 0 Å². The standard InChI is InChI=1S/C11H13NO/c1-2-10-9(6-7-12-10)11(3-1)13-8-4-5-8/h1-3,8,12H,4-7H2. The molecule has 1 aromatic rings. The molecule has 1 N–H and O–H groups in total. The molecule has 0 atom stereocenters. The molecule has 2 aliphatic rings. The molecule has 0 saturated heterocycles. The van der Waals surface area contributed by atoms with Crippen LogP contribution in [0.1, 0.15) is 18.4 Å². The molecular weight excluding hydrogens is 162 g/mol. The lowest BCUT2D eigenvalue weighted by Crippen LogP contribution is -1.98. The van der Waals surface area contributed by atoms with Crippen LogP contribution in [-0.4, -0.2) is 12.6 Å². The van der Waals surface area contributed by atoms with Gasteiger partial charge in [0.25, 0.3) is 0 Å². The van der Waals surface area contributed by atoms with Gasteiger partial charge in [0.15, 0.2) is 0 Å². The van der Waals surface area contributed by atoms with Gasteiger partial charge >= 0.3 is 0 Å². The summed E-state index contributed by atoms with van der Waals surface area (Å²) in [6.07, 6.45) is 4.08. The smallest absolute Gasteiger partial charge is 0.125 e. The third kappa shape index (κ3) is 1.26. The number of hydrogen-bond donors (Lipinski definition) is 1. The summed E-state index contributed by atoms with van der Waals surface area (Å²) in [5, 5.41) is 3.35. The zero-order valence-corrected chi connectivity index (χ0v) is 7.55. The van der Waals surface area contributed by atoms with Crippen LogP contribution < -0.4 is 10.1 Å². The minimum absolute atomic E-state index is 0.507. The van der Waals surface area contributed by atoms with Crippen LogP contribution in [0.5, 0.6) is 5.75 Å². The Morgan fingerprint density at radius 3 is 3.08 bits per heavy atom. The van der Waals surface area contributed by atoms with Crippen LogP contribution in [0.2, 0.25) is 0 Å². The first-order valence-corrected chi connectivity index (χ1v) is 4.96. The Morgan fingerprint density at radius 2 is 2.23 bits per heavy atom. The molecule has 1 aromatic carbocycles. The van der Waals surface area contributed by atoms with Gasteiger partial charge in [-0.3, -0.25) is 0 Å². The van der Waals surface area contributed by atoms with Crippen LogP contribution in [0.25, 0.3) is 0 Å². The van der Waals surface area contributed by atoms with Crippen molar-refractivity contribution in [2.45, 2.75) is 25.4 Å². The predicted octanol–water partition coefficient (Wildman–Crippen LogP) is 2.20. The summed E-state index contributed by atoms with van der Waals surface area (Å²) in [7, 11) is 0. The van der Waals surface area contributed by atoms with Crippen molar-refractivity contribution in [2.75, 3.05) is 11.9 Å². The van der Waals surface area contributed by atoms with Crippen LogP contribution in [0.3, 0.4) is 0 Å². The van der Waals surface area contributed by atoms with Crippen molar-refractivity contribution in [1.82, 2.24) is 0 Å². The highest BCUT2D eigenvalue weighted by atomic mass is 16.5. The van der Waals surface area contributed by atoms with Crippen molar-refractivity contribution in [3.8, 4) is 5.75 Å². The van der Waals surface area contributed by atoms with Crippen molar-refractivity contribution in [2.24, 2.45) is 0 Å². The van der Waals surface area contributed by atoms with Gasteiger partial charge in [-0.2, -0.15) is 0 Å². The van der Waals surface area contributed by atoms with Crippen molar-refractivity contribution in [3.05, 3.63) is 23.8 Å². The first-order chi connectivity index (χ1) is 6.43. The maximum absolute atomic E-state index is 5.83. The summed E-state index contributed by atoms with van der Waals surface area (Å²) in [4.78, 5) is 0. The minimum Gasteiger partial charge on any atom is -0.490 e. The first-order valence-electron chi connectivity index (χ1n) is 4.96. The van der Waals surface area contributed by atoms with Gasteiger partial charge in [0.2, 0.25) is 0 Å². The summed E-state index contributed by atoms with van der Waals surface area (Å²) in [6.45, 7) is 1.06. The molecule has 2 heteroatoms. The summed E-state index contributed by atoms with van der Waals surface area (Å²) >= 11 is 0. The molecule has 0 aromatic heterocycles. The number of hydrogen-bond acceptors (Lipinski definition) is 2. The lowest BCUT2D eigenvalue weighted by atomic mass is 10.1. The van der Waals surface area contributed by atoms with Crippen molar-refractivity contribution < 1.29 is 4.74 Å². The van der Waals surface area contributed by atoms with Gasteiger partial charge in [-0.25, -0.2) is 0 Å². The fourth-order valence-electron chi connectivity index (χ4n) is 1.79. The van der Waals surface area contributed by atoms with E-state index in [9.17, 15) is 0 Å². The predicted molar refractivity (Wildman–Crippen MR) is 52.3 cm³/mol. The monoisotopic (exact) mass is 175 g/mol. The van der Waals surface area contributed by atoms with E-state index in [1.165, 1.54) is 24.1 Å². The number of benzene rings is 1. The highest BCUT2D eigenvalue weighted by molar-refractivity contribution is 5.61. The molecule has 0 bridgehead atoms. The zero-order chi connectivity index (χ0) is 8.67. The van der Waals surface area contributed by atoms with Crippen LogP contribution >= 0.6 is 0 Å². The maximum Gasteiger partial charge on any atom is 0.125 e. The van der Waals surface area contributed by atoms with Gasteiger partial charge in [-0.1, -0.05) is 6.07 Å². The third-order valence-corrected chi connectivity index (χ3v) is 2.64. The Bertz CT molecular complexity index is 331. The van der Waals surface area contributed by atoms with E-state index in [1.54, 1.807) is 0 Å². The highest BCUT2D eigenvalue weighted by Crippen LogP contribution is 2.34. The molecule has 1 saturated carbocycles. The molecule has 1 aliphatic carbocycles. The average molecular weight is 175 g/mol. The second-order valence-corrected chi connectivity index (χ2v) is 3.78. The molecule has 1 fully saturated rings. The maximum atomic E-state index is 5.83. The summed E-state index contributed by atoms with van der Waals surface area (Å²) in [5.74, 6) is 1.10. The largest absolute Gasteiger partial charge is 0.490 e. The van der Waals surface area contributed by atoms with Gasteiger partial charge in [0.05, 0.1) is 6.10 Å². The zero-order valence-electron chi connectivity index (χ0n) is 7.55. The van der Waals surface area contributed by atoms with Crippen molar-refractivity contribution >= 4 is 5.69 Å². The Kier molecular flexibility index (Phi) is 1.48. The van der Waals surface area contributed by atoms with E-state index in [4.69, 9.17) is 4.74 Å². The van der Waals surface area contributed by atoms with E-state index in [0.717, 1.165) is 18.7 Å². The van der Waals surface area contributed by atoms with Crippen molar-refractivity contribution in [1.29, 1.82) is 0 Å². The van der Waals surface area contributed by atoms with Gasteiger partial charge in [-0.15, -0.1) is 0 Å². The second kappa shape index (κ2) is 2.66. The van der Waals surface area contributed by atoms with E-state index in [-0.39, 0.29) is 0 Å². The number of anilines is 1. The lowest BCUT2D eigenvalue weighted by molar-refractivity contribution is 0.301. The van der Waals surface area contributed by atoms with E-state index in [2.05, 4.69) is 23.5 Å². The Balaban J connectivity index is 1.94. The SMILES string of the molecule is c1cc2c(c(OC3CC3)c1)CCN2. The van der Waals surface area contributed by atoms with Gasteiger partial charge in [-0.05, 0) is 31.4 Å². The number of ether oxygens (including phenoxy) is 1. The van der Waals surface area contributed by atoms with E-state index >= 15 is 0 Å². The summed E-state index contributed by atoms with van der Waals surface area (Å²) in [6, 6.07) is 6.28. The lowest BCUT2D eigenvalue weighted by Gasteiger charge is -2.08. The molecule has 0 amide bonds. The second-order valence-electron chi connectivity index (χ2n) is 3.78. The molecule has 1 aliphatic heterocycles. The topological polar surface area (TPSA) is 21.3 Å². The third-order valence-electron chi connectivity index (χ3n) is 2.64. The van der Waals surface area contributed by atoms with Crippen molar-refractivity contribution in [3.63, 3.8) is 0 Å². The van der Waals surface area contributed by atoms with Crippen LogP contribution in [-0.2, 0) is 6.42 Å². The number of rotatable bonds is 2. The first kappa shape index (κ1) is 7.25. The van der Waals surface area contributed by atoms with Crippen LogP contribution in [0.4, 0.5) is 5.69 Å². The fraction of sp³-hybridized carbons (Fsp3) is 0.455. The summed E-state index contributed by atoms with van der Waals surface area (Å²) < 4.78 is 5.83. The molecule has 13 heavy (non-hydrogen) atoms. The quantitative estimate of drug-likeness (QED) is 0.744. The van der Waals surface area contributed by atoms with E-state index in [0.29, 0.717) is 6.10 Å². The fourth-order valence-corrected chi connectivity index (χ4v) is 1.79. The van der Waals surface area contributed by atoms with Gasteiger partial charge in [0.1, 0.15) is 5.75 Å². The Hall–Kier alpha value is -1.18. The van der Waals surface area contributed by atoms with Gasteiger partial charge < -0.3 is 10.1 Å². The summed E-state index contributed by atoms with van der Waals surface area (Å²) in [5.41, 5.74) is 2.63. The molecule has 1 heterocycles. The molecule has 3 rings (SSSR count). The average Bonchev–Trinajstić information content (AvgIpc) is 2.83.